The Labute approximate surface area is 172 Å². The predicted molar refractivity (Wildman–Crippen MR) is 107 cm³/mol. The summed E-state index contributed by atoms with van der Waals surface area (Å²) < 4.78 is 46.2. The average molecular weight is 417 g/mol. The number of hydrogen-bond donors (Lipinski definition) is 1. The van der Waals surface area contributed by atoms with Crippen LogP contribution in [0, 0.1) is 0 Å². The zero-order valence-electron chi connectivity index (χ0n) is 16.4. The normalized spacial score (nSPS) is 12.4. The summed E-state index contributed by atoms with van der Waals surface area (Å²) in [5.74, 6) is 0.486. The number of carbonyl (C=O) groups excluding carboxylic acids is 1. The van der Waals surface area contributed by atoms with E-state index in [1.54, 1.807) is 36.8 Å². The van der Waals surface area contributed by atoms with Crippen molar-refractivity contribution in [3.05, 3.63) is 78.4 Å². The maximum Gasteiger partial charge on any atom is 0.416 e. The number of alkyl halides is 3. The Hall–Kier alpha value is -3.29. The van der Waals surface area contributed by atoms with Gasteiger partial charge in [0.1, 0.15) is 11.9 Å². The van der Waals surface area contributed by atoms with E-state index >= 15 is 0 Å². The first-order chi connectivity index (χ1) is 14.3. The maximum absolute atomic E-state index is 12.7. The third-order valence-corrected chi connectivity index (χ3v) is 4.49. The van der Waals surface area contributed by atoms with Crippen LogP contribution in [0.25, 0.3) is 0 Å². The van der Waals surface area contributed by atoms with E-state index in [0.29, 0.717) is 30.8 Å². The van der Waals surface area contributed by atoms with E-state index in [1.807, 2.05) is 10.8 Å². The summed E-state index contributed by atoms with van der Waals surface area (Å²) in [6.07, 6.45) is 1.82. The molecule has 5 nitrogen and oxygen atoms in total. The zero-order valence-corrected chi connectivity index (χ0v) is 16.4. The van der Waals surface area contributed by atoms with Crippen molar-refractivity contribution >= 4 is 11.6 Å². The van der Waals surface area contributed by atoms with Crippen LogP contribution in [0.4, 0.5) is 18.9 Å². The third kappa shape index (κ3) is 6.37. The van der Waals surface area contributed by atoms with Crippen LogP contribution >= 0.6 is 0 Å². The van der Waals surface area contributed by atoms with Gasteiger partial charge in [-0.2, -0.15) is 13.2 Å². The number of halogens is 3. The molecule has 0 aliphatic carbocycles. The van der Waals surface area contributed by atoms with Gasteiger partial charge >= 0.3 is 6.18 Å². The first-order valence-corrected chi connectivity index (χ1v) is 9.46. The van der Waals surface area contributed by atoms with Crippen LogP contribution in [0.2, 0.25) is 0 Å². The van der Waals surface area contributed by atoms with Crippen LogP contribution in [0.15, 0.2) is 67.3 Å². The minimum atomic E-state index is -4.34. The van der Waals surface area contributed by atoms with Gasteiger partial charge in [-0.3, -0.25) is 4.79 Å². The second kappa shape index (κ2) is 9.47. The van der Waals surface area contributed by atoms with Crippen molar-refractivity contribution in [1.29, 1.82) is 0 Å². The molecule has 8 heteroatoms. The van der Waals surface area contributed by atoms with Crippen LogP contribution in [0.5, 0.6) is 5.75 Å². The van der Waals surface area contributed by atoms with Crippen molar-refractivity contribution in [2.24, 2.45) is 0 Å². The number of nitrogens with one attached hydrogen (secondary N) is 1. The van der Waals surface area contributed by atoms with E-state index in [-0.39, 0.29) is 12.0 Å². The van der Waals surface area contributed by atoms with Crippen molar-refractivity contribution < 1.29 is 22.7 Å². The van der Waals surface area contributed by atoms with Gasteiger partial charge in [0.15, 0.2) is 0 Å². The number of carbonyl (C=O) groups is 1. The van der Waals surface area contributed by atoms with Gasteiger partial charge in [-0.15, -0.1) is 0 Å². The summed E-state index contributed by atoms with van der Waals surface area (Å²) in [6, 6.07) is 12.2. The molecule has 3 rings (SSSR count). The highest BCUT2D eigenvalue weighted by atomic mass is 19.4. The molecular formula is C22H22F3N3O2. The lowest BCUT2D eigenvalue weighted by atomic mass is 10.0. The fourth-order valence-electron chi connectivity index (χ4n) is 3.02. The van der Waals surface area contributed by atoms with Gasteiger partial charge in [-0.25, -0.2) is 4.98 Å². The maximum atomic E-state index is 12.7. The number of nitrogens with zero attached hydrogens (tertiary/aromatic N) is 2. The number of anilines is 1. The Morgan fingerprint density at radius 3 is 2.40 bits per heavy atom. The first kappa shape index (κ1) is 21.4. The van der Waals surface area contributed by atoms with E-state index in [0.717, 1.165) is 17.7 Å². The van der Waals surface area contributed by atoms with E-state index in [9.17, 15) is 18.0 Å². The monoisotopic (exact) mass is 417 g/mol. The van der Waals surface area contributed by atoms with Crippen LogP contribution in [-0.4, -0.2) is 21.6 Å². The smallest absolute Gasteiger partial charge is 0.416 e. The molecule has 0 saturated carbocycles. The van der Waals surface area contributed by atoms with E-state index in [1.165, 1.54) is 19.1 Å². The minimum Gasteiger partial charge on any atom is -0.489 e. The summed E-state index contributed by atoms with van der Waals surface area (Å²) in [6.45, 7) is 1.99. The van der Waals surface area contributed by atoms with Gasteiger partial charge in [-0.1, -0.05) is 12.1 Å². The molecule has 0 fully saturated rings. The Kier molecular flexibility index (Phi) is 6.76. The SMILES string of the molecule is CC(=O)Nc1ccc(OC(CCc2ccc(C(F)(F)F)cc2)Cn2ccnc2)cc1. The van der Waals surface area contributed by atoms with E-state index in [4.69, 9.17) is 4.74 Å². The lowest BCUT2D eigenvalue weighted by molar-refractivity contribution is -0.137. The number of aryl methyl sites for hydroxylation is 1. The molecule has 0 spiro atoms. The number of benzene rings is 2. The fourth-order valence-corrected chi connectivity index (χ4v) is 3.02. The van der Waals surface area contributed by atoms with E-state index < -0.39 is 11.7 Å². The zero-order chi connectivity index (χ0) is 21.6. The Morgan fingerprint density at radius 2 is 1.83 bits per heavy atom. The summed E-state index contributed by atoms with van der Waals surface area (Å²) in [5, 5.41) is 2.70. The fraction of sp³-hybridized carbons (Fsp3) is 0.273. The Balaban J connectivity index is 1.65. The molecule has 0 saturated heterocycles. The highest BCUT2D eigenvalue weighted by molar-refractivity contribution is 5.88. The first-order valence-electron chi connectivity index (χ1n) is 9.46. The van der Waals surface area contributed by atoms with Gasteiger partial charge in [0, 0.05) is 25.0 Å². The molecule has 2 aromatic carbocycles. The summed E-state index contributed by atoms with van der Waals surface area (Å²) in [5.41, 5.74) is 0.825. The summed E-state index contributed by atoms with van der Waals surface area (Å²) in [4.78, 5) is 15.2. The highest BCUT2D eigenvalue weighted by Gasteiger charge is 2.29. The lowest BCUT2D eigenvalue weighted by Crippen LogP contribution is -2.23. The van der Waals surface area contributed by atoms with Gasteiger partial charge in [-0.05, 0) is 54.8 Å². The summed E-state index contributed by atoms with van der Waals surface area (Å²) >= 11 is 0. The second-order valence-corrected chi connectivity index (χ2v) is 6.94. The molecule has 1 amide bonds. The standard InChI is InChI=1S/C22H22F3N3O2/c1-16(29)27-19-7-10-20(11-8-19)30-21(14-28-13-12-26-15-28)9-4-17-2-5-18(6-3-17)22(23,24)25/h2-3,5-8,10-13,15,21H,4,9,14H2,1H3,(H,27,29). The molecule has 0 bridgehead atoms. The quantitative estimate of drug-likeness (QED) is 0.565. The molecule has 1 atom stereocenters. The van der Waals surface area contributed by atoms with Gasteiger partial charge in [0.2, 0.25) is 5.91 Å². The van der Waals surface area contributed by atoms with Crippen molar-refractivity contribution in [3.8, 4) is 5.75 Å². The molecule has 1 heterocycles. The van der Waals surface area contributed by atoms with Gasteiger partial charge in [0.05, 0.1) is 18.4 Å². The molecular weight excluding hydrogens is 395 g/mol. The molecule has 0 aliphatic rings. The van der Waals surface area contributed by atoms with Crippen molar-refractivity contribution in [2.45, 2.75) is 38.6 Å². The lowest BCUT2D eigenvalue weighted by Gasteiger charge is -2.20. The van der Waals surface area contributed by atoms with Crippen molar-refractivity contribution in [3.63, 3.8) is 0 Å². The van der Waals surface area contributed by atoms with Crippen LogP contribution < -0.4 is 10.1 Å². The average Bonchev–Trinajstić information content (AvgIpc) is 3.20. The molecule has 1 unspecified atom stereocenters. The van der Waals surface area contributed by atoms with Crippen molar-refractivity contribution in [2.75, 3.05) is 5.32 Å². The molecule has 30 heavy (non-hydrogen) atoms. The number of amides is 1. The minimum absolute atomic E-state index is 0.154. The highest BCUT2D eigenvalue weighted by Crippen LogP contribution is 2.29. The largest absolute Gasteiger partial charge is 0.489 e. The molecule has 3 aromatic rings. The second-order valence-electron chi connectivity index (χ2n) is 6.94. The number of imidazole rings is 1. The number of aromatic nitrogens is 2. The van der Waals surface area contributed by atoms with Crippen molar-refractivity contribution in [1.82, 2.24) is 9.55 Å². The third-order valence-electron chi connectivity index (χ3n) is 4.49. The topological polar surface area (TPSA) is 56.1 Å². The summed E-state index contributed by atoms with van der Waals surface area (Å²) in [7, 11) is 0. The number of hydrogen-bond acceptors (Lipinski definition) is 3. The number of rotatable bonds is 8. The van der Waals surface area contributed by atoms with Crippen LogP contribution in [0.3, 0.4) is 0 Å². The molecule has 0 aliphatic heterocycles. The number of ether oxygens (including phenoxy) is 1. The molecule has 1 N–H and O–H groups in total. The predicted octanol–water partition coefficient (Wildman–Crippen LogP) is 4.94. The Bertz CT molecular complexity index is 937. The van der Waals surface area contributed by atoms with E-state index in [2.05, 4.69) is 10.3 Å². The molecule has 1 aromatic heterocycles. The van der Waals surface area contributed by atoms with Crippen LogP contribution in [0.1, 0.15) is 24.5 Å². The molecule has 0 radical (unpaired) electrons. The van der Waals surface area contributed by atoms with Gasteiger partial charge in [0.25, 0.3) is 0 Å². The van der Waals surface area contributed by atoms with Crippen LogP contribution in [-0.2, 0) is 23.9 Å². The molecule has 158 valence electrons. The van der Waals surface area contributed by atoms with Gasteiger partial charge < -0.3 is 14.6 Å². The Morgan fingerprint density at radius 1 is 1.13 bits per heavy atom.